The van der Waals surface area contributed by atoms with Gasteiger partial charge in [-0.15, -0.1) is 0 Å². The average molecular weight is 434 g/mol. The number of benzene rings is 2. The fraction of sp³-hybridized carbons (Fsp3) is 0.130. The molecule has 0 aliphatic heterocycles. The van der Waals surface area contributed by atoms with Crippen LogP contribution in [0, 0.1) is 5.82 Å². The number of nitrogens with one attached hydrogen (secondary N) is 1. The molecule has 162 valence electrons. The molecule has 0 saturated heterocycles. The molecule has 32 heavy (non-hydrogen) atoms. The Balaban J connectivity index is 1.54. The van der Waals surface area contributed by atoms with Crippen molar-refractivity contribution in [1.29, 1.82) is 0 Å². The number of pyridine rings is 1. The molecule has 4 rings (SSSR count). The van der Waals surface area contributed by atoms with Gasteiger partial charge < -0.3 is 10.1 Å². The third kappa shape index (κ3) is 4.13. The Bertz CT molecular complexity index is 1460. The van der Waals surface area contributed by atoms with Gasteiger partial charge in [0, 0.05) is 25.8 Å². The molecule has 0 bridgehead atoms. The van der Waals surface area contributed by atoms with Gasteiger partial charge in [-0.05, 0) is 42.0 Å². The average Bonchev–Trinajstić information content (AvgIpc) is 2.80. The van der Waals surface area contributed by atoms with E-state index in [0.29, 0.717) is 11.4 Å². The second-order valence-corrected chi connectivity index (χ2v) is 7.17. The van der Waals surface area contributed by atoms with Crippen molar-refractivity contribution in [2.75, 3.05) is 5.32 Å². The Morgan fingerprint density at radius 1 is 1.03 bits per heavy atom. The lowest BCUT2D eigenvalue weighted by Crippen LogP contribution is -2.37. The number of nitrogens with zero attached hydrogens (tertiary/aromatic N) is 3. The molecule has 2 heterocycles. The number of aryl methyl sites for hydroxylation is 1. The Labute approximate surface area is 181 Å². The highest BCUT2D eigenvalue weighted by atomic mass is 19.1. The van der Waals surface area contributed by atoms with Crippen LogP contribution < -0.4 is 21.3 Å². The maximum absolute atomic E-state index is 13.3. The van der Waals surface area contributed by atoms with Crippen LogP contribution >= 0.6 is 0 Å². The first kappa shape index (κ1) is 21.0. The Morgan fingerprint density at radius 2 is 1.81 bits per heavy atom. The number of carbonyl (C=O) groups excluding carboxylic acids is 1. The van der Waals surface area contributed by atoms with Crippen molar-refractivity contribution >= 4 is 22.6 Å². The zero-order valence-corrected chi connectivity index (χ0v) is 17.3. The fourth-order valence-electron chi connectivity index (χ4n) is 3.24. The van der Waals surface area contributed by atoms with Crippen LogP contribution in [0.3, 0.4) is 0 Å². The van der Waals surface area contributed by atoms with Crippen molar-refractivity contribution in [3.63, 3.8) is 0 Å². The summed E-state index contributed by atoms with van der Waals surface area (Å²) in [6.07, 6.45) is 0. The highest BCUT2D eigenvalue weighted by molar-refractivity contribution is 6.03. The van der Waals surface area contributed by atoms with Gasteiger partial charge in [-0.1, -0.05) is 18.2 Å². The topological polar surface area (TPSA) is 95.2 Å². The molecule has 0 radical (unpaired) electrons. The van der Waals surface area contributed by atoms with Crippen LogP contribution in [-0.4, -0.2) is 20.0 Å². The SMILES string of the molecule is Cn1c(=O)c2ccc(C(=O)Nc3cccc(COc4cccc(F)c4)c3)nc2n(C)c1=O. The van der Waals surface area contributed by atoms with E-state index in [2.05, 4.69) is 10.3 Å². The maximum Gasteiger partial charge on any atom is 0.332 e. The van der Waals surface area contributed by atoms with Crippen LogP contribution in [0.1, 0.15) is 16.1 Å². The molecule has 2 aromatic carbocycles. The lowest BCUT2D eigenvalue weighted by Gasteiger charge is -2.10. The van der Waals surface area contributed by atoms with Crippen molar-refractivity contribution in [2.45, 2.75) is 6.61 Å². The third-order valence-electron chi connectivity index (χ3n) is 4.92. The monoisotopic (exact) mass is 434 g/mol. The molecule has 0 atom stereocenters. The van der Waals surface area contributed by atoms with E-state index in [1.54, 1.807) is 30.3 Å². The minimum absolute atomic E-state index is 0.0576. The van der Waals surface area contributed by atoms with Gasteiger partial charge in [0.05, 0.1) is 5.39 Å². The summed E-state index contributed by atoms with van der Waals surface area (Å²) >= 11 is 0. The van der Waals surface area contributed by atoms with E-state index in [1.165, 1.54) is 42.9 Å². The van der Waals surface area contributed by atoms with E-state index in [1.807, 2.05) is 6.07 Å². The van der Waals surface area contributed by atoms with Gasteiger partial charge in [0.1, 0.15) is 29.5 Å². The van der Waals surface area contributed by atoms with E-state index >= 15 is 0 Å². The molecule has 8 nitrogen and oxygen atoms in total. The fourth-order valence-corrected chi connectivity index (χ4v) is 3.24. The number of halogens is 1. The number of ether oxygens (including phenoxy) is 1. The van der Waals surface area contributed by atoms with Crippen LogP contribution in [0.5, 0.6) is 5.75 Å². The number of aromatic nitrogens is 3. The van der Waals surface area contributed by atoms with Gasteiger partial charge >= 0.3 is 5.69 Å². The first-order valence-electron chi connectivity index (χ1n) is 9.69. The summed E-state index contributed by atoms with van der Waals surface area (Å²) in [5, 5.41) is 2.98. The quantitative estimate of drug-likeness (QED) is 0.521. The molecule has 9 heteroatoms. The predicted molar refractivity (Wildman–Crippen MR) is 117 cm³/mol. The van der Waals surface area contributed by atoms with Crippen LogP contribution in [0.25, 0.3) is 11.0 Å². The molecule has 4 aromatic rings. The predicted octanol–water partition coefficient (Wildman–Crippen LogP) is 2.60. The molecule has 0 fully saturated rings. The largest absolute Gasteiger partial charge is 0.489 e. The van der Waals surface area contributed by atoms with E-state index in [0.717, 1.165) is 10.1 Å². The molecular weight excluding hydrogens is 415 g/mol. The molecule has 1 N–H and O–H groups in total. The van der Waals surface area contributed by atoms with E-state index in [-0.39, 0.29) is 29.2 Å². The Morgan fingerprint density at radius 3 is 2.59 bits per heavy atom. The van der Waals surface area contributed by atoms with Crippen LogP contribution in [0.4, 0.5) is 10.1 Å². The van der Waals surface area contributed by atoms with Crippen LogP contribution in [0.2, 0.25) is 0 Å². The number of carbonyl (C=O) groups is 1. The third-order valence-corrected chi connectivity index (χ3v) is 4.92. The summed E-state index contributed by atoms with van der Waals surface area (Å²) in [6.45, 7) is 0.187. The molecule has 0 saturated carbocycles. The summed E-state index contributed by atoms with van der Waals surface area (Å²) in [6, 6.07) is 15.7. The number of anilines is 1. The highest BCUT2D eigenvalue weighted by Crippen LogP contribution is 2.17. The number of rotatable bonds is 5. The highest BCUT2D eigenvalue weighted by Gasteiger charge is 2.14. The first-order valence-corrected chi connectivity index (χ1v) is 9.69. The van der Waals surface area contributed by atoms with Crippen LogP contribution in [0.15, 0.2) is 70.3 Å². The van der Waals surface area contributed by atoms with Gasteiger partial charge in [0.25, 0.3) is 11.5 Å². The number of hydrogen-bond donors (Lipinski definition) is 1. The molecular formula is C23H19FN4O4. The van der Waals surface area contributed by atoms with Gasteiger partial charge in [0.15, 0.2) is 0 Å². The zero-order chi connectivity index (χ0) is 22.8. The molecule has 1 amide bonds. The molecule has 0 aliphatic carbocycles. The smallest absolute Gasteiger partial charge is 0.332 e. The van der Waals surface area contributed by atoms with Crippen molar-refractivity contribution in [2.24, 2.45) is 14.1 Å². The van der Waals surface area contributed by atoms with Crippen molar-refractivity contribution < 1.29 is 13.9 Å². The standard InChI is InChI=1S/C23H19FN4O4/c1-27-20-18(22(30)28(2)23(27)31)9-10-19(26-20)21(29)25-16-7-3-5-14(11-16)13-32-17-8-4-6-15(24)12-17/h3-12H,13H2,1-2H3,(H,25,29). The molecule has 0 aliphatic rings. The van der Waals surface area contributed by atoms with Gasteiger partial charge in [-0.2, -0.15) is 0 Å². The summed E-state index contributed by atoms with van der Waals surface area (Å²) in [5.74, 6) is -0.485. The second-order valence-electron chi connectivity index (χ2n) is 7.17. The number of fused-ring (bicyclic) bond motifs is 1. The summed E-state index contributed by atoms with van der Waals surface area (Å²) in [4.78, 5) is 41.4. The number of amides is 1. The molecule has 0 spiro atoms. The summed E-state index contributed by atoms with van der Waals surface area (Å²) < 4.78 is 21.1. The summed E-state index contributed by atoms with van der Waals surface area (Å²) in [5.41, 5.74) is 0.455. The Kier molecular flexibility index (Phi) is 5.55. The second kappa shape index (κ2) is 8.46. The van der Waals surface area contributed by atoms with Gasteiger partial charge in [0.2, 0.25) is 0 Å². The Hall–Kier alpha value is -4.27. The van der Waals surface area contributed by atoms with Crippen molar-refractivity contribution in [3.05, 3.63) is 98.6 Å². The molecule has 2 aromatic heterocycles. The minimum Gasteiger partial charge on any atom is -0.489 e. The lowest BCUT2D eigenvalue weighted by atomic mass is 10.2. The van der Waals surface area contributed by atoms with Gasteiger partial charge in [-0.3, -0.25) is 18.7 Å². The van der Waals surface area contributed by atoms with Crippen LogP contribution in [-0.2, 0) is 20.7 Å². The lowest BCUT2D eigenvalue weighted by molar-refractivity contribution is 0.102. The normalized spacial score (nSPS) is 10.8. The van der Waals surface area contributed by atoms with E-state index in [4.69, 9.17) is 4.74 Å². The zero-order valence-electron chi connectivity index (χ0n) is 17.3. The van der Waals surface area contributed by atoms with Crippen molar-refractivity contribution in [3.8, 4) is 5.75 Å². The van der Waals surface area contributed by atoms with E-state index < -0.39 is 17.2 Å². The van der Waals surface area contributed by atoms with Crippen molar-refractivity contribution in [1.82, 2.24) is 14.1 Å². The minimum atomic E-state index is -0.529. The first-order chi connectivity index (χ1) is 15.3. The number of hydrogen-bond acceptors (Lipinski definition) is 5. The molecule has 0 unspecified atom stereocenters. The van der Waals surface area contributed by atoms with E-state index in [9.17, 15) is 18.8 Å². The summed E-state index contributed by atoms with van der Waals surface area (Å²) in [7, 11) is 2.87. The maximum atomic E-state index is 13.3. The van der Waals surface area contributed by atoms with Gasteiger partial charge in [-0.25, -0.2) is 14.2 Å².